The van der Waals surface area contributed by atoms with E-state index in [0.29, 0.717) is 32.5 Å². The second-order valence-corrected chi connectivity index (χ2v) is 4.42. The molecule has 1 amide bonds. The highest BCUT2D eigenvalue weighted by Crippen LogP contribution is 2.21. The van der Waals surface area contributed by atoms with E-state index < -0.39 is 11.5 Å². The summed E-state index contributed by atoms with van der Waals surface area (Å²) in [7, 11) is 0. The molecule has 98 valence electrons. The number of amides is 1. The number of carbonyl (C=O) groups excluding carboxylic acids is 1. The first-order valence-electron chi connectivity index (χ1n) is 5.88. The number of hydrogen-bond acceptors (Lipinski definition) is 4. The molecule has 1 atom stereocenters. The van der Waals surface area contributed by atoms with Crippen LogP contribution in [0.25, 0.3) is 0 Å². The number of nitrogens with one attached hydrogen (secondary N) is 1. The first-order valence-corrected chi connectivity index (χ1v) is 5.88. The van der Waals surface area contributed by atoms with Crippen molar-refractivity contribution in [2.24, 2.45) is 5.73 Å². The highest BCUT2D eigenvalue weighted by atomic mass is 16.5. The zero-order chi connectivity index (χ0) is 12.9. The SMILES string of the molecule is CCC(N)CC(=O)NC1(C(=O)O)CCOCC1. The summed E-state index contributed by atoms with van der Waals surface area (Å²) in [6, 6.07) is -0.222. The number of aliphatic carboxylic acids is 1. The number of nitrogens with two attached hydrogens (primary N) is 1. The molecule has 1 aliphatic rings. The van der Waals surface area contributed by atoms with E-state index >= 15 is 0 Å². The first-order chi connectivity index (χ1) is 8.00. The molecular weight excluding hydrogens is 224 g/mol. The minimum Gasteiger partial charge on any atom is -0.480 e. The van der Waals surface area contributed by atoms with Gasteiger partial charge < -0.3 is 20.9 Å². The molecular formula is C11H20N2O4. The van der Waals surface area contributed by atoms with Crippen molar-refractivity contribution < 1.29 is 19.4 Å². The number of hydrogen-bond donors (Lipinski definition) is 3. The molecule has 17 heavy (non-hydrogen) atoms. The molecule has 6 nitrogen and oxygen atoms in total. The Hall–Kier alpha value is -1.14. The molecule has 0 aromatic rings. The molecule has 6 heteroatoms. The zero-order valence-electron chi connectivity index (χ0n) is 10.1. The van der Waals surface area contributed by atoms with Gasteiger partial charge in [-0.25, -0.2) is 4.79 Å². The topological polar surface area (TPSA) is 102 Å². The lowest BCUT2D eigenvalue weighted by molar-refractivity contribution is -0.152. The second kappa shape index (κ2) is 5.97. The van der Waals surface area contributed by atoms with Crippen LogP contribution in [-0.2, 0) is 14.3 Å². The van der Waals surface area contributed by atoms with Crippen LogP contribution in [0.4, 0.5) is 0 Å². The molecule has 1 saturated heterocycles. The summed E-state index contributed by atoms with van der Waals surface area (Å²) < 4.78 is 5.12. The van der Waals surface area contributed by atoms with Gasteiger partial charge in [-0.15, -0.1) is 0 Å². The van der Waals surface area contributed by atoms with Gasteiger partial charge in [0.05, 0.1) is 0 Å². The number of carbonyl (C=O) groups is 2. The van der Waals surface area contributed by atoms with E-state index in [1.165, 1.54) is 0 Å². The van der Waals surface area contributed by atoms with E-state index in [-0.39, 0.29) is 18.4 Å². The molecule has 0 saturated carbocycles. The Morgan fingerprint density at radius 1 is 1.47 bits per heavy atom. The summed E-state index contributed by atoms with van der Waals surface area (Å²) in [4.78, 5) is 23.0. The summed E-state index contributed by atoms with van der Waals surface area (Å²) in [5.41, 5.74) is 4.49. The maximum atomic E-state index is 11.7. The highest BCUT2D eigenvalue weighted by Gasteiger charge is 2.41. The molecule has 1 unspecified atom stereocenters. The van der Waals surface area contributed by atoms with Crippen molar-refractivity contribution in [3.05, 3.63) is 0 Å². The van der Waals surface area contributed by atoms with Crippen LogP contribution in [0.3, 0.4) is 0 Å². The minimum atomic E-state index is -1.18. The molecule has 0 aromatic carbocycles. The van der Waals surface area contributed by atoms with Crippen molar-refractivity contribution in [2.45, 2.75) is 44.2 Å². The Morgan fingerprint density at radius 2 is 2.06 bits per heavy atom. The molecule has 1 fully saturated rings. The van der Waals surface area contributed by atoms with Crippen molar-refractivity contribution in [1.82, 2.24) is 5.32 Å². The van der Waals surface area contributed by atoms with Crippen molar-refractivity contribution in [3.63, 3.8) is 0 Å². The zero-order valence-corrected chi connectivity index (χ0v) is 10.1. The average molecular weight is 244 g/mol. The molecule has 1 heterocycles. The lowest BCUT2D eigenvalue weighted by atomic mass is 9.89. The summed E-state index contributed by atoms with van der Waals surface area (Å²) in [5, 5.41) is 11.8. The van der Waals surface area contributed by atoms with Gasteiger partial charge in [-0.2, -0.15) is 0 Å². The van der Waals surface area contributed by atoms with E-state index in [1.54, 1.807) is 0 Å². The summed E-state index contributed by atoms with van der Waals surface area (Å²) in [6.07, 6.45) is 1.45. The van der Waals surface area contributed by atoms with Gasteiger partial charge in [-0.3, -0.25) is 4.79 Å². The lowest BCUT2D eigenvalue weighted by Crippen LogP contribution is -2.58. The van der Waals surface area contributed by atoms with Gasteiger partial charge in [0.15, 0.2) is 0 Å². The van der Waals surface area contributed by atoms with Crippen molar-refractivity contribution in [1.29, 1.82) is 0 Å². The van der Waals surface area contributed by atoms with Crippen molar-refractivity contribution in [2.75, 3.05) is 13.2 Å². The molecule has 1 rings (SSSR count). The Labute approximate surface area is 101 Å². The molecule has 0 spiro atoms. The van der Waals surface area contributed by atoms with Gasteiger partial charge in [0.2, 0.25) is 5.91 Å². The smallest absolute Gasteiger partial charge is 0.329 e. The maximum absolute atomic E-state index is 11.7. The quantitative estimate of drug-likeness (QED) is 0.625. The number of rotatable bonds is 5. The third-order valence-electron chi connectivity index (χ3n) is 3.11. The largest absolute Gasteiger partial charge is 0.480 e. The van der Waals surface area contributed by atoms with Crippen LogP contribution in [0, 0.1) is 0 Å². The third-order valence-corrected chi connectivity index (χ3v) is 3.11. The maximum Gasteiger partial charge on any atom is 0.329 e. The summed E-state index contributed by atoms with van der Waals surface area (Å²) >= 11 is 0. The van der Waals surface area contributed by atoms with Crippen LogP contribution < -0.4 is 11.1 Å². The Morgan fingerprint density at radius 3 is 2.53 bits per heavy atom. The standard InChI is InChI=1S/C11H20N2O4/c1-2-8(12)7-9(14)13-11(10(15)16)3-5-17-6-4-11/h8H,2-7,12H2,1H3,(H,13,14)(H,15,16). The van der Waals surface area contributed by atoms with Crippen LogP contribution in [0.5, 0.6) is 0 Å². The average Bonchev–Trinajstić information content (AvgIpc) is 2.29. The van der Waals surface area contributed by atoms with Crippen molar-refractivity contribution >= 4 is 11.9 Å². The Bertz CT molecular complexity index is 287. The highest BCUT2D eigenvalue weighted by molar-refractivity contribution is 5.87. The van der Waals surface area contributed by atoms with Crippen LogP contribution in [0.2, 0.25) is 0 Å². The third kappa shape index (κ3) is 3.67. The minimum absolute atomic E-state index is 0.159. The predicted molar refractivity (Wildman–Crippen MR) is 61.4 cm³/mol. The van der Waals surface area contributed by atoms with E-state index in [0.717, 1.165) is 0 Å². The van der Waals surface area contributed by atoms with Gasteiger partial charge in [0.1, 0.15) is 5.54 Å². The van der Waals surface area contributed by atoms with Gasteiger partial charge in [0, 0.05) is 38.5 Å². The molecule has 4 N–H and O–H groups in total. The Kier molecular flexibility index (Phi) is 4.89. The van der Waals surface area contributed by atoms with E-state index in [2.05, 4.69) is 5.32 Å². The fourth-order valence-corrected chi connectivity index (χ4v) is 1.81. The number of ether oxygens (including phenoxy) is 1. The monoisotopic (exact) mass is 244 g/mol. The molecule has 0 radical (unpaired) electrons. The first kappa shape index (κ1) is 13.9. The van der Waals surface area contributed by atoms with Gasteiger partial charge in [0.25, 0.3) is 0 Å². The van der Waals surface area contributed by atoms with Crippen molar-refractivity contribution in [3.8, 4) is 0 Å². The van der Waals surface area contributed by atoms with E-state index in [9.17, 15) is 14.7 Å². The number of carboxylic acids is 1. The fourth-order valence-electron chi connectivity index (χ4n) is 1.81. The Balaban J connectivity index is 2.60. The van der Waals surface area contributed by atoms with Crippen LogP contribution in [-0.4, -0.2) is 41.8 Å². The molecule has 1 aliphatic heterocycles. The van der Waals surface area contributed by atoms with Crippen LogP contribution >= 0.6 is 0 Å². The van der Waals surface area contributed by atoms with Gasteiger partial charge >= 0.3 is 5.97 Å². The van der Waals surface area contributed by atoms with Crippen LogP contribution in [0.15, 0.2) is 0 Å². The predicted octanol–water partition coefficient (Wildman–Crippen LogP) is -0.136. The van der Waals surface area contributed by atoms with Gasteiger partial charge in [-0.05, 0) is 6.42 Å². The second-order valence-electron chi connectivity index (χ2n) is 4.42. The van der Waals surface area contributed by atoms with Crippen LogP contribution in [0.1, 0.15) is 32.6 Å². The number of carboxylic acid groups (broad SMARTS) is 1. The molecule has 0 bridgehead atoms. The van der Waals surface area contributed by atoms with E-state index in [4.69, 9.17) is 10.5 Å². The summed E-state index contributed by atoms with van der Waals surface area (Å²) in [5.74, 6) is -1.30. The fraction of sp³-hybridized carbons (Fsp3) is 0.818. The van der Waals surface area contributed by atoms with Gasteiger partial charge in [-0.1, -0.05) is 6.92 Å². The molecule has 0 aliphatic carbocycles. The lowest BCUT2D eigenvalue weighted by Gasteiger charge is -2.34. The van der Waals surface area contributed by atoms with E-state index in [1.807, 2.05) is 6.92 Å². The molecule has 0 aromatic heterocycles. The normalized spacial score (nSPS) is 20.6. The summed E-state index contributed by atoms with van der Waals surface area (Å²) in [6.45, 7) is 2.60.